The summed E-state index contributed by atoms with van der Waals surface area (Å²) < 4.78 is 16.4. The van der Waals surface area contributed by atoms with Gasteiger partial charge in [0.05, 0.1) is 12.7 Å². The predicted octanol–water partition coefficient (Wildman–Crippen LogP) is 1.26. The molecule has 0 amide bonds. The maximum absolute atomic E-state index is 5.59. The number of ether oxygens (including phenoxy) is 3. The fourth-order valence-corrected chi connectivity index (χ4v) is 1.81. The molecule has 1 atom stereocenters. The number of anilines is 1. The second-order valence-corrected chi connectivity index (χ2v) is 4.21. The Bertz CT molecular complexity index is 397. The minimum Gasteiger partial charge on any atom is -0.464 e. The Labute approximate surface area is 112 Å². The third-order valence-corrected chi connectivity index (χ3v) is 2.76. The lowest BCUT2D eigenvalue weighted by Gasteiger charge is -2.22. The highest BCUT2D eigenvalue weighted by Gasteiger charge is 2.16. The van der Waals surface area contributed by atoms with E-state index >= 15 is 0 Å². The first-order chi connectivity index (χ1) is 9.31. The van der Waals surface area contributed by atoms with Gasteiger partial charge in [-0.3, -0.25) is 0 Å². The van der Waals surface area contributed by atoms with Crippen LogP contribution in [0.1, 0.15) is 26.2 Å². The highest BCUT2D eigenvalue weighted by molar-refractivity contribution is 5.26. The monoisotopic (exact) mass is 268 g/mol. The van der Waals surface area contributed by atoms with Crippen LogP contribution in [0.15, 0.2) is 0 Å². The van der Waals surface area contributed by atoms with Crippen LogP contribution in [0.2, 0.25) is 0 Å². The van der Waals surface area contributed by atoms with Gasteiger partial charge in [0.15, 0.2) is 0 Å². The molecule has 0 spiro atoms. The number of aromatic nitrogens is 3. The molecule has 0 radical (unpaired) electrons. The minimum absolute atomic E-state index is 0.124. The molecule has 0 saturated carbocycles. The van der Waals surface area contributed by atoms with E-state index in [0.717, 1.165) is 19.4 Å². The number of nitrogens with zero attached hydrogens (tertiary/aromatic N) is 3. The highest BCUT2D eigenvalue weighted by atomic mass is 16.5. The van der Waals surface area contributed by atoms with E-state index in [9.17, 15) is 0 Å². The van der Waals surface area contributed by atoms with Gasteiger partial charge in [0.2, 0.25) is 5.95 Å². The molecule has 1 unspecified atom stereocenters. The van der Waals surface area contributed by atoms with Gasteiger partial charge in [-0.2, -0.15) is 9.97 Å². The molecule has 19 heavy (non-hydrogen) atoms. The molecule has 2 heterocycles. The maximum Gasteiger partial charge on any atom is 0.324 e. The van der Waals surface area contributed by atoms with Gasteiger partial charge in [-0.05, 0) is 26.2 Å². The molecule has 1 saturated heterocycles. The summed E-state index contributed by atoms with van der Waals surface area (Å²) >= 11 is 0. The van der Waals surface area contributed by atoms with E-state index in [1.807, 2.05) is 6.92 Å². The van der Waals surface area contributed by atoms with Crippen molar-refractivity contribution in [1.82, 2.24) is 15.0 Å². The van der Waals surface area contributed by atoms with Crippen LogP contribution in [0.3, 0.4) is 0 Å². The zero-order chi connectivity index (χ0) is 13.5. The van der Waals surface area contributed by atoms with Crippen LogP contribution in [-0.4, -0.2) is 47.9 Å². The van der Waals surface area contributed by atoms with Crippen LogP contribution in [0.4, 0.5) is 5.95 Å². The topological polar surface area (TPSA) is 78.4 Å². The molecule has 1 N–H and O–H groups in total. The predicted molar refractivity (Wildman–Crippen MR) is 69.6 cm³/mol. The van der Waals surface area contributed by atoms with E-state index < -0.39 is 0 Å². The normalized spacial score (nSPS) is 18.9. The standard InChI is InChI=1S/C12H20N4O3/c1-3-17-11-14-10(13-2)15-12(16-11)19-8-9-6-4-5-7-18-9/h9H,3-8H2,1-2H3,(H,13,14,15,16). The molecule has 0 aliphatic carbocycles. The smallest absolute Gasteiger partial charge is 0.324 e. The average molecular weight is 268 g/mol. The Hall–Kier alpha value is -1.63. The van der Waals surface area contributed by atoms with Crippen LogP contribution in [0.5, 0.6) is 12.0 Å². The number of hydrogen-bond acceptors (Lipinski definition) is 7. The Balaban J connectivity index is 1.95. The zero-order valence-electron chi connectivity index (χ0n) is 11.4. The third-order valence-electron chi connectivity index (χ3n) is 2.76. The lowest BCUT2D eigenvalue weighted by molar-refractivity contribution is -0.0130. The molecule has 1 fully saturated rings. The molecule has 7 heteroatoms. The first kappa shape index (κ1) is 13.8. The summed E-state index contributed by atoms with van der Waals surface area (Å²) in [6.07, 6.45) is 3.44. The average Bonchev–Trinajstić information content (AvgIpc) is 2.46. The molecule has 1 aromatic rings. The zero-order valence-corrected chi connectivity index (χ0v) is 11.4. The van der Waals surface area contributed by atoms with Gasteiger partial charge in [0, 0.05) is 13.7 Å². The summed E-state index contributed by atoms with van der Waals surface area (Å²) in [6.45, 7) is 3.63. The first-order valence-electron chi connectivity index (χ1n) is 6.63. The molecular formula is C12H20N4O3. The largest absolute Gasteiger partial charge is 0.464 e. The second kappa shape index (κ2) is 7.08. The molecule has 0 aromatic carbocycles. The lowest BCUT2D eigenvalue weighted by Crippen LogP contribution is -2.26. The van der Waals surface area contributed by atoms with Crippen molar-refractivity contribution in [1.29, 1.82) is 0 Å². The first-order valence-corrected chi connectivity index (χ1v) is 6.63. The van der Waals surface area contributed by atoms with Gasteiger partial charge in [-0.15, -0.1) is 4.98 Å². The molecule has 1 aliphatic rings. The Morgan fingerprint density at radius 3 is 2.63 bits per heavy atom. The van der Waals surface area contributed by atoms with Crippen molar-refractivity contribution in [2.45, 2.75) is 32.3 Å². The number of hydrogen-bond donors (Lipinski definition) is 1. The fraction of sp³-hybridized carbons (Fsp3) is 0.750. The van der Waals surface area contributed by atoms with Gasteiger partial charge in [0.1, 0.15) is 6.61 Å². The number of nitrogens with one attached hydrogen (secondary N) is 1. The van der Waals surface area contributed by atoms with Gasteiger partial charge in [-0.25, -0.2) is 0 Å². The summed E-state index contributed by atoms with van der Waals surface area (Å²) in [5, 5.41) is 2.85. The van der Waals surface area contributed by atoms with Crippen molar-refractivity contribution in [3.8, 4) is 12.0 Å². The van der Waals surface area contributed by atoms with Crippen molar-refractivity contribution in [3.05, 3.63) is 0 Å². The second-order valence-electron chi connectivity index (χ2n) is 4.21. The van der Waals surface area contributed by atoms with Crippen LogP contribution in [0, 0.1) is 0 Å². The van der Waals surface area contributed by atoms with Gasteiger partial charge >= 0.3 is 12.0 Å². The maximum atomic E-state index is 5.59. The van der Waals surface area contributed by atoms with Crippen molar-refractivity contribution in [2.24, 2.45) is 0 Å². The van der Waals surface area contributed by atoms with Crippen LogP contribution in [-0.2, 0) is 4.74 Å². The summed E-state index contributed by atoms with van der Waals surface area (Å²) in [5.74, 6) is 0.429. The van der Waals surface area contributed by atoms with E-state index in [0.29, 0.717) is 19.2 Å². The molecule has 0 bridgehead atoms. The van der Waals surface area contributed by atoms with Gasteiger partial charge < -0.3 is 19.5 Å². The van der Waals surface area contributed by atoms with Gasteiger partial charge in [-0.1, -0.05) is 0 Å². The van der Waals surface area contributed by atoms with Crippen molar-refractivity contribution in [3.63, 3.8) is 0 Å². The number of rotatable bonds is 6. The molecule has 106 valence electrons. The highest BCUT2D eigenvalue weighted by Crippen LogP contribution is 2.16. The fourth-order valence-electron chi connectivity index (χ4n) is 1.81. The van der Waals surface area contributed by atoms with E-state index in [4.69, 9.17) is 14.2 Å². The van der Waals surface area contributed by atoms with Crippen molar-refractivity contribution >= 4 is 5.95 Å². The lowest BCUT2D eigenvalue weighted by atomic mass is 10.1. The molecule has 2 rings (SSSR count). The van der Waals surface area contributed by atoms with E-state index in [2.05, 4.69) is 20.3 Å². The summed E-state index contributed by atoms with van der Waals surface area (Å²) in [6, 6.07) is 0.526. The van der Waals surface area contributed by atoms with E-state index in [1.54, 1.807) is 7.05 Å². The summed E-state index contributed by atoms with van der Waals surface area (Å²) in [4.78, 5) is 12.3. The molecule has 7 nitrogen and oxygen atoms in total. The van der Waals surface area contributed by atoms with Crippen LogP contribution >= 0.6 is 0 Å². The molecular weight excluding hydrogens is 248 g/mol. The Morgan fingerprint density at radius 1 is 1.21 bits per heavy atom. The van der Waals surface area contributed by atoms with Crippen LogP contribution in [0.25, 0.3) is 0 Å². The Kier molecular flexibility index (Phi) is 5.14. The van der Waals surface area contributed by atoms with Crippen molar-refractivity contribution < 1.29 is 14.2 Å². The molecule has 1 aliphatic heterocycles. The Morgan fingerprint density at radius 2 is 2.00 bits per heavy atom. The van der Waals surface area contributed by atoms with E-state index in [-0.39, 0.29) is 18.1 Å². The van der Waals surface area contributed by atoms with Gasteiger partial charge in [0.25, 0.3) is 0 Å². The third kappa shape index (κ3) is 4.20. The molecule has 1 aromatic heterocycles. The summed E-state index contributed by atoms with van der Waals surface area (Å²) in [5.41, 5.74) is 0. The van der Waals surface area contributed by atoms with Crippen molar-refractivity contribution in [2.75, 3.05) is 32.2 Å². The summed E-state index contributed by atoms with van der Waals surface area (Å²) in [7, 11) is 1.74. The minimum atomic E-state index is 0.124. The quantitative estimate of drug-likeness (QED) is 0.832. The van der Waals surface area contributed by atoms with Crippen LogP contribution < -0.4 is 14.8 Å². The SMILES string of the molecule is CCOc1nc(NC)nc(OCC2CCCCO2)n1. The van der Waals surface area contributed by atoms with E-state index in [1.165, 1.54) is 6.42 Å².